The van der Waals surface area contributed by atoms with Gasteiger partial charge in [0.15, 0.2) is 0 Å². The van der Waals surface area contributed by atoms with E-state index in [1.165, 1.54) is 12.1 Å². The van der Waals surface area contributed by atoms with Crippen molar-refractivity contribution in [3.63, 3.8) is 0 Å². The Kier molecular flexibility index (Phi) is 6.02. The zero-order chi connectivity index (χ0) is 13.8. The van der Waals surface area contributed by atoms with Gasteiger partial charge in [-0.05, 0) is 30.5 Å². The van der Waals surface area contributed by atoms with Gasteiger partial charge in [-0.1, -0.05) is 26.0 Å². The Bertz CT molecular complexity index is 535. The maximum atomic E-state index is 12.8. The minimum atomic E-state index is -0.204. The van der Waals surface area contributed by atoms with Gasteiger partial charge in [-0.25, -0.2) is 4.39 Å². The van der Waals surface area contributed by atoms with Crippen molar-refractivity contribution in [2.75, 3.05) is 5.32 Å². The van der Waals surface area contributed by atoms with Crippen molar-refractivity contribution in [2.45, 2.75) is 33.9 Å². The van der Waals surface area contributed by atoms with Crippen molar-refractivity contribution >= 4 is 18.1 Å². The van der Waals surface area contributed by atoms with Gasteiger partial charge in [0.05, 0.1) is 11.4 Å². The Labute approximate surface area is 125 Å². The smallest absolute Gasteiger partial charge is 0.123 e. The van der Waals surface area contributed by atoms with E-state index in [4.69, 9.17) is 0 Å². The van der Waals surface area contributed by atoms with Gasteiger partial charge in [0.1, 0.15) is 5.82 Å². The Hall–Kier alpha value is -1.55. The number of hydrogen-bond acceptors (Lipinski definition) is 2. The van der Waals surface area contributed by atoms with Crippen molar-refractivity contribution in [3.05, 3.63) is 47.5 Å². The Morgan fingerprint density at radius 1 is 1.25 bits per heavy atom. The third-order valence-corrected chi connectivity index (χ3v) is 2.89. The molecule has 0 aliphatic heterocycles. The number of benzene rings is 1. The molecule has 0 amide bonds. The van der Waals surface area contributed by atoms with Gasteiger partial charge in [-0.2, -0.15) is 5.10 Å². The summed E-state index contributed by atoms with van der Waals surface area (Å²) in [6, 6.07) is 6.53. The number of aryl methyl sites for hydroxylation is 1. The molecule has 1 heterocycles. The highest BCUT2D eigenvalue weighted by Crippen LogP contribution is 2.15. The van der Waals surface area contributed by atoms with Crippen molar-refractivity contribution < 1.29 is 4.39 Å². The molecule has 0 saturated carbocycles. The molecule has 0 atom stereocenters. The SMILES string of the molecule is Cc1nn(CC(C)C)cc1NCc1ccc(F)cc1.Cl. The van der Waals surface area contributed by atoms with Crippen LogP contribution in [0.1, 0.15) is 25.1 Å². The van der Waals surface area contributed by atoms with Gasteiger partial charge in [-0.15, -0.1) is 12.4 Å². The maximum Gasteiger partial charge on any atom is 0.123 e. The monoisotopic (exact) mass is 297 g/mol. The largest absolute Gasteiger partial charge is 0.378 e. The summed E-state index contributed by atoms with van der Waals surface area (Å²) in [4.78, 5) is 0. The molecular formula is C15H21ClFN3. The van der Waals surface area contributed by atoms with E-state index >= 15 is 0 Å². The topological polar surface area (TPSA) is 29.9 Å². The summed E-state index contributed by atoms with van der Waals surface area (Å²) in [7, 11) is 0. The van der Waals surface area contributed by atoms with E-state index in [2.05, 4.69) is 24.3 Å². The molecule has 1 aromatic carbocycles. The number of rotatable bonds is 5. The quantitative estimate of drug-likeness (QED) is 0.903. The van der Waals surface area contributed by atoms with Gasteiger partial charge >= 0.3 is 0 Å². The molecule has 1 aromatic heterocycles. The first-order valence-corrected chi connectivity index (χ1v) is 6.57. The van der Waals surface area contributed by atoms with Crippen molar-refractivity contribution in [3.8, 4) is 0 Å². The molecule has 20 heavy (non-hydrogen) atoms. The Balaban J connectivity index is 0.00000200. The molecule has 1 N–H and O–H groups in total. The summed E-state index contributed by atoms with van der Waals surface area (Å²) in [6.07, 6.45) is 2.03. The maximum absolute atomic E-state index is 12.8. The van der Waals surface area contributed by atoms with Crippen LogP contribution in [0.4, 0.5) is 10.1 Å². The average molecular weight is 298 g/mol. The van der Waals surface area contributed by atoms with Crippen LogP contribution < -0.4 is 5.32 Å². The van der Waals surface area contributed by atoms with Gasteiger partial charge < -0.3 is 5.32 Å². The Morgan fingerprint density at radius 3 is 2.50 bits per heavy atom. The number of hydrogen-bond donors (Lipinski definition) is 1. The fourth-order valence-electron chi connectivity index (χ4n) is 1.96. The first-order chi connectivity index (χ1) is 9.04. The lowest BCUT2D eigenvalue weighted by atomic mass is 10.2. The minimum absolute atomic E-state index is 0. The molecule has 0 fully saturated rings. The minimum Gasteiger partial charge on any atom is -0.378 e. The summed E-state index contributed by atoms with van der Waals surface area (Å²) < 4.78 is 14.8. The highest BCUT2D eigenvalue weighted by atomic mass is 35.5. The summed E-state index contributed by atoms with van der Waals surface area (Å²) in [5.74, 6) is 0.369. The summed E-state index contributed by atoms with van der Waals surface area (Å²) in [5.41, 5.74) is 3.07. The number of anilines is 1. The van der Waals surface area contributed by atoms with Gasteiger partial charge in [-0.3, -0.25) is 4.68 Å². The molecule has 110 valence electrons. The van der Waals surface area contributed by atoms with Crippen LogP contribution in [0.2, 0.25) is 0 Å². The van der Waals surface area contributed by atoms with E-state index < -0.39 is 0 Å². The molecule has 0 bridgehead atoms. The number of nitrogens with one attached hydrogen (secondary N) is 1. The molecule has 0 aliphatic carbocycles. The molecule has 0 saturated heterocycles. The summed E-state index contributed by atoms with van der Waals surface area (Å²) >= 11 is 0. The number of nitrogens with zero attached hydrogens (tertiary/aromatic N) is 2. The van der Waals surface area contributed by atoms with E-state index in [1.807, 2.05) is 17.8 Å². The molecule has 2 rings (SSSR count). The molecule has 5 heteroatoms. The molecule has 0 spiro atoms. The first kappa shape index (κ1) is 16.5. The standard InChI is InChI=1S/C15H20FN3.ClH/c1-11(2)9-19-10-15(12(3)18-19)17-8-13-4-6-14(16)7-5-13;/h4-7,10-11,17H,8-9H2,1-3H3;1H. The normalized spacial score (nSPS) is 10.4. The first-order valence-electron chi connectivity index (χ1n) is 6.57. The van der Waals surface area contributed by atoms with Crippen LogP contribution in [0.5, 0.6) is 0 Å². The predicted octanol–water partition coefficient (Wildman–Crippen LogP) is 4.02. The highest BCUT2D eigenvalue weighted by Gasteiger charge is 2.05. The molecule has 2 aromatic rings. The van der Waals surface area contributed by atoms with Crippen LogP contribution >= 0.6 is 12.4 Å². The van der Waals surface area contributed by atoms with Crippen LogP contribution in [-0.4, -0.2) is 9.78 Å². The van der Waals surface area contributed by atoms with E-state index in [0.29, 0.717) is 12.5 Å². The highest BCUT2D eigenvalue weighted by molar-refractivity contribution is 5.85. The van der Waals surface area contributed by atoms with Crippen molar-refractivity contribution in [1.29, 1.82) is 0 Å². The number of aromatic nitrogens is 2. The van der Waals surface area contributed by atoms with E-state index in [0.717, 1.165) is 23.5 Å². The fourth-order valence-corrected chi connectivity index (χ4v) is 1.96. The predicted molar refractivity (Wildman–Crippen MR) is 82.8 cm³/mol. The summed E-state index contributed by atoms with van der Waals surface area (Å²) in [6.45, 7) is 7.92. The van der Waals surface area contributed by atoms with Gasteiger partial charge in [0, 0.05) is 19.3 Å². The van der Waals surface area contributed by atoms with E-state index in [1.54, 1.807) is 12.1 Å². The molecule has 0 aliphatic rings. The zero-order valence-electron chi connectivity index (χ0n) is 12.1. The van der Waals surface area contributed by atoms with E-state index in [-0.39, 0.29) is 18.2 Å². The van der Waals surface area contributed by atoms with Gasteiger partial charge in [0.2, 0.25) is 0 Å². The van der Waals surface area contributed by atoms with Crippen molar-refractivity contribution in [1.82, 2.24) is 9.78 Å². The molecule has 3 nitrogen and oxygen atoms in total. The molecule has 0 radical (unpaired) electrons. The summed E-state index contributed by atoms with van der Waals surface area (Å²) in [5, 5.41) is 7.81. The van der Waals surface area contributed by atoms with Crippen LogP contribution in [0.15, 0.2) is 30.5 Å². The lowest BCUT2D eigenvalue weighted by molar-refractivity contribution is 0.481. The molecule has 0 unspecified atom stereocenters. The van der Waals surface area contributed by atoms with Crippen molar-refractivity contribution in [2.24, 2.45) is 5.92 Å². The Morgan fingerprint density at radius 2 is 1.90 bits per heavy atom. The third kappa shape index (κ3) is 4.53. The zero-order valence-corrected chi connectivity index (χ0v) is 12.9. The second kappa shape index (κ2) is 7.29. The van der Waals surface area contributed by atoms with Crippen LogP contribution in [0.25, 0.3) is 0 Å². The van der Waals surface area contributed by atoms with E-state index in [9.17, 15) is 4.39 Å². The second-order valence-corrected chi connectivity index (χ2v) is 5.22. The number of halogens is 2. The molecular weight excluding hydrogens is 277 g/mol. The van der Waals surface area contributed by atoms with Crippen LogP contribution in [0.3, 0.4) is 0 Å². The second-order valence-electron chi connectivity index (χ2n) is 5.22. The third-order valence-electron chi connectivity index (χ3n) is 2.89. The van der Waals surface area contributed by atoms with Gasteiger partial charge in [0.25, 0.3) is 0 Å². The fraction of sp³-hybridized carbons (Fsp3) is 0.400. The van der Waals surface area contributed by atoms with Crippen LogP contribution in [-0.2, 0) is 13.1 Å². The average Bonchev–Trinajstić information content (AvgIpc) is 2.68. The lowest BCUT2D eigenvalue weighted by Gasteiger charge is -2.05. The lowest BCUT2D eigenvalue weighted by Crippen LogP contribution is -2.04. The van der Waals surface area contributed by atoms with Crippen LogP contribution in [0, 0.1) is 18.7 Å².